The van der Waals surface area contributed by atoms with Gasteiger partial charge in [0, 0.05) is 36.9 Å². The van der Waals surface area contributed by atoms with E-state index in [4.69, 9.17) is 15.0 Å². The monoisotopic (exact) mass is 815 g/mol. The summed E-state index contributed by atoms with van der Waals surface area (Å²) in [4.78, 5) is 15.8. The molecule has 0 radical (unpaired) electrons. The van der Waals surface area contributed by atoms with Crippen molar-refractivity contribution in [3.05, 3.63) is 200 Å². The molecule has 3 nitrogen and oxygen atoms in total. The maximum atomic E-state index is 5.35. The Morgan fingerprint density at radius 2 is 0.746 bits per heavy atom. The third kappa shape index (κ3) is 5.10. The molecule has 14 aromatic rings. The van der Waals surface area contributed by atoms with Gasteiger partial charge in [0.1, 0.15) is 0 Å². The minimum atomic E-state index is 0.650. The first-order valence-corrected chi connectivity index (χ1v) is 22.2. The van der Waals surface area contributed by atoms with Gasteiger partial charge in [-0.25, -0.2) is 15.0 Å². The molecule has 0 saturated carbocycles. The van der Waals surface area contributed by atoms with Crippen molar-refractivity contribution in [1.29, 1.82) is 0 Å². The van der Waals surface area contributed by atoms with Gasteiger partial charge in [-0.1, -0.05) is 170 Å². The van der Waals surface area contributed by atoms with Gasteiger partial charge in [0.15, 0.2) is 17.5 Å². The molecule has 0 saturated heterocycles. The molecule has 0 aliphatic rings. The Labute approximate surface area is 365 Å². The number of hydrogen-bond donors (Lipinski definition) is 0. The highest BCUT2D eigenvalue weighted by atomic mass is 32.1. The maximum absolute atomic E-state index is 5.35. The van der Waals surface area contributed by atoms with Crippen LogP contribution in [-0.4, -0.2) is 15.0 Å². The van der Waals surface area contributed by atoms with Gasteiger partial charge in [0.2, 0.25) is 0 Å². The number of fused-ring (bicyclic) bond motifs is 6. The van der Waals surface area contributed by atoms with E-state index in [2.05, 4.69) is 182 Å². The number of rotatable bonds is 4. The van der Waals surface area contributed by atoms with Gasteiger partial charge in [-0.2, -0.15) is 0 Å². The molecule has 0 N–H and O–H groups in total. The Bertz CT molecular complexity index is 4200. The fourth-order valence-electron chi connectivity index (χ4n) is 10.5. The van der Waals surface area contributed by atoms with Crippen LogP contribution in [0.4, 0.5) is 0 Å². The Balaban J connectivity index is 1.04. The fourth-order valence-corrected chi connectivity index (χ4v) is 11.6. The van der Waals surface area contributed by atoms with E-state index in [0.29, 0.717) is 17.5 Å². The summed E-state index contributed by atoms with van der Waals surface area (Å²) in [5.41, 5.74) is 5.27. The molecule has 4 heteroatoms. The van der Waals surface area contributed by atoms with Gasteiger partial charge >= 0.3 is 0 Å². The van der Waals surface area contributed by atoms with E-state index in [1.54, 1.807) is 11.3 Å². The lowest BCUT2D eigenvalue weighted by Crippen LogP contribution is -2.01. The third-order valence-corrected chi connectivity index (χ3v) is 14.3. The van der Waals surface area contributed by atoms with Crippen LogP contribution in [0.15, 0.2) is 200 Å². The molecule has 12 aromatic carbocycles. The van der Waals surface area contributed by atoms with Crippen LogP contribution in [0.25, 0.3) is 141 Å². The van der Waals surface area contributed by atoms with E-state index in [1.807, 2.05) is 18.2 Å². The average molecular weight is 816 g/mol. The van der Waals surface area contributed by atoms with Gasteiger partial charge < -0.3 is 0 Å². The summed E-state index contributed by atoms with van der Waals surface area (Å²) in [6, 6.07) is 72.9. The SMILES string of the molecule is c1ccc(-c2nc(-c3ccc(-c4cc5ccc6cccc7c8cccc9ccc%10cccc(c(c4)c5c67)c%10c98)c4ccccc34)nc(-c3cccc4sc5ccccc5c34)n2)cc1. The second kappa shape index (κ2) is 13.2. The number of hydrogen-bond acceptors (Lipinski definition) is 4. The Morgan fingerprint density at radius 3 is 1.44 bits per heavy atom. The summed E-state index contributed by atoms with van der Waals surface area (Å²) in [6.45, 7) is 0. The van der Waals surface area contributed by atoms with Crippen molar-refractivity contribution < 1.29 is 0 Å². The molecule has 0 unspecified atom stereocenters. The summed E-state index contributed by atoms with van der Waals surface area (Å²) < 4.78 is 2.47. The number of nitrogens with zero attached hydrogens (tertiary/aromatic N) is 3. The topological polar surface area (TPSA) is 38.7 Å². The van der Waals surface area contributed by atoms with Crippen molar-refractivity contribution >= 4 is 107 Å². The Kier molecular flexibility index (Phi) is 7.27. The zero-order valence-electron chi connectivity index (χ0n) is 33.8. The minimum absolute atomic E-state index is 0.650. The van der Waals surface area contributed by atoms with E-state index < -0.39 is 0 Å². The second-order valence-corrected chi connectivity index (χ2v) is 17.7. The van der Waals surface area contributed by atoms with Crippen molar-refractivity contribution in [3.8, 4) is 45.3 Å². The van der Waals surface area contributed by atoms with Gasteiger partial charge in [-0.3, -0.25) is 0 Å². The van der Waals surface area contributed by atoms with Crippen molar-refractivity contribution in [3.63, 3.8) is 0 Å². The second-order valence-electron chi connectivity index (χ2n) is 16.6. The number of thiophene rings is 1. The van der Waals surface area contributed by atoms with E-state index in [0.717, 1.165) is 27.5 Å². The molecule has 0 aliphatic heterocycles. The van der Waals surface area contributed by atoms with Crippen LogP contribution in [0.5, 0.6) is 0 Å². The summed E-state index contributed by atoms with van der Waals surface area (Å²) in [7, 11) is 0. The first-order valence-electron chi connectivity index (χ1n) is 21.4. The van der Waals surface area contributed by atoms with Gasteiger partial charge in [-0.15, -0.1) is 11.3 Å². The molecule has 0 aliphatic carbocycles. The van der Waals surface area contributed by atoms with Crippen LogP contribution in [0.2, 0.25) is 0 Å². The highest BCUT2D eigenvalue weighted by Crippen LogP contribution is 2.46. The van der Waals surface area contributed by atoms with Crippen LogP contribution < -0.4 is 0 Å². The zero-order chi connectivity index (χ0) is 41.2. The lowest BCUT2D eigenvalue weighted by Gasteiger charge is -2.18. The first-order chi connectivity index (χ1) is 31.2. The van der Waals surface area contributed by atoms with Crippen molar-refractivity contribution in [2.24, 2.45) is 0 Å². The van der Waals surface area contributed by atoms with Crippen LogP contribution in [0.1, 0.15) is 0 Å². The highest BCUT2D eigenvalue weighted by molar-refractivity contribution is 7.25. The van der Waals surface area contributed by atoms with Crippen molar-refractivity contribution in [1.82, 2.24) is 15.0 Å². The van der Waals surface area contributed by atoms with Crippen molar-refractivity contribution in [2.45, 2.75) is 0 Å². The quantitative estimate of drug-likeness (QED) is 0.166. The molecule has 0 spiro atoms. The molecular weight excluding hydrogens is 783 g/mol. The molecule has 290 valence electrons. The van der Waals surface area contributed by atoms with E-state index in [-0.39, 0.29) is 0 Å². The average Bonchev–Trinajstić information content (AvgIpc) is 3.74. The normalized spacial score (nSPS) is 12.1. The Hall–Kier alpha value is -8.05. The molecule has 63 heavy (non-hydrogen) atoms. The number of aromatic nitrogens is 3. The Morgan fingerprint density at radius 1 is 0.254 bits per heavy atom. The van der Waals surface area contributed by atoms with E-state index in [9.17, 15) is 0 Å². The van der Waals surface area contributed by atoms with E-state index in [1.165, 1.54) is 95.9 Å². The molecule has 0 bridgehead atoms. The van der Waals surface area contributed by atoms with Gasteiger partial charge in [0.05, 0.1) is 0 Å². The summed E-state index contributed by atoms with van der Waals surface area (Å²) in [6.07, 6.45) is 0. The van der Waals surface area contributed by atoms with Crippen LogP contribution in [-0.2, 0) is 0 Å². The molecule has 14 rings (SSSR count). The van der Waals surface area contributed by atoms with Crippen LogP contribution in [0.3, 0.4) is 0 Å². The summed E-state index contributed by atoms with van der Waals surface area (Å²) in [5, 5.41) is 19.9. The van der Waals surface area contributed by atoms with Crippen LogP contribution in [0, 0.1) is 0 Å². The molecule has 0 amide bonds. The smallest absolute Gasteiger partial charge is 0.164 e. The molecule has 0 fully saturated rings. The summed E-state index contributed by atoms with van der Waals surface area (Å²) >= 11 is 1.81. The predicted molar refractivity (Wildman–Crippen MR) is 268 cm³/mol. The first kappa shape index (κ1) is 34.6. The van der Waals surface area contributed by atoms with Gasteiger partial charge in [-0.05, 0) is 117 Å². The van der Waals surface area contributed by atoms with Crippen molar-refractivity contribution in [2.75, 3.05) is 0 Å². The van der Waals surface area contributed by atoms with Gasteiger partial charge in [0.25, 0.3) is 0 Å². The lowest BCUT2D eigenvalue weighted by atomic mass is 9.86. The zero-order valence-corrected chi connectivity index (χ0v) is 34.6. The molecule has 2 aromatic heterocycles. The minimum Gasteiger partial charge on any atom is -0.208 e. The predicted octanol–water partition coefficient (Wildman–Crippen LogP) is 16.4. The molecule has 0 atom stereocenters. The van der Waals surface area contributed by atoms with E-state index >= 15 is 0 Å². The molecular formula is C59H33N3S. The fraction of sp³-hybridized carbons (Fsp3) is 0. The standard InChI is InChI=1S/C59H33N3S/c1-2-12-37(13-3-1)57-60-58(62-59(61-57)48-23-11-25-51-56(48)47-19-6-7-24-50(47)63-51)46-31-30-40(41-17-4-5-18-42(41)46)39-32-38-29-28-36-15-9-21-44-43-20-8-14-34-26-27-35-16-10-22-45(54(35)52(34)43)49(33-39)55(38)53(36)44/h1-33H. The largest absolute Gasteiger partial charge is 0.208 e. The third-order valence-electron chi connectivity index (χ3n) is 13.2. The molecule has 2 heterocycles. The highest BCUT2D eigenvalue weighted by Gasteiger charge is 2.21. The van der Waals surface area contributed by atoms with Crippen LogP contribution >= 0.6 is 11.3 Å². The summed E-state index contributed by atoms with van der Waals surface area (Å²) in [5.74, 6) is 1.97. The lowest BCUT2D eigenvalue weighted by molar-refractivity contribution is 1.08. The maximum Gasteiger partial charge on any atom is 0.164 e. The number of benzene rings is 11.